The molecule has 1 aromatic heterocycles. The Morgan fingerprint density at radius 2 is 2.24 bits per heavy atom. The van der Waals surface area contributed by atoms with E-state index in [4.69, 9.17) is 4.74 Å². The Morgan fingerprint density at radius 1 is 1.35 bits per heavy atom. The Kier molecular flexibility index (Phi) is 3.85. The third-order valence-electron chi connectivity index (χ3n) is 3.83. The van der Waals surface area contributed by atoms with E-state index in [0.717, 1.165) is 19.7 Å². The summed E-state index contributed by atoms with van der Waals surface area (Å²) < 4.78 is 7.14. The molecule has 0 radical (unpaired) electrons. The van der Waals surface area contributed by atoms with Crippen LogP contribution < -0.4 is 0 Å². The smallest absolute Gasteiger partial charge is 0.0731 e. The summed E-state index contributed by atoms with van der Waals surface area (Å²) in [7, 11) is 0. The van der Waals surface area contributed by atoms with Gasteiger partial charge >= 0.3 is 0 Å². The zero-order chi connectivity index (χ0) is 11.7. The molecule has 1 aliphatic heterocycles. The predicted octanol–water partition coefficient (Wildman–Crippen LogP) is 3.65. The van der Waals surface area contributed by atoms with E-state index in [1.165, 1.54) is 34.3 Å². The summed E-state index contributed by atoms with van der Waals surface area (Å²) in [5, 5.41) is 0. The van der Waals surface area contributed by atoms with Crippen molar-refractivity contribution in [3.63, 3.8) is 0 Å². The molecule has 0 amide bonds. The van der Waals surface area contributed by atoms with Gasteiger partial charge in [-0.05, 0) is 40.9 Å². The molecule has 3 rings (SSSR count). The fourth-order valence-electron chi connectivity index (χ4n) is 3.01. The highest BCUT2D eigenvalue weighted by Crippen LogP contribution is 2.31. The highest BCUT2D eigenvalue weighted by Gasteiger charge is 2.34. The summed E-state index contributed by atoms with van der Waals surface area (Å²) in [5.41, 5.74) is 0. The lowest BCUT2D eigenvalue weighted by Gasteiger charge is -2.43. The molecule has 4 heteroatoms. The van der Waals surface area contributed by atoms with Gasteiger partial charge in [0.05, 0.1) is 16.5 Å². The van der Waals surface area contributed by atoms with Crippen molar-refractivity contribution in [1.82, 2.24) is 4.90 Å². The SMILES string of the molecule is Brc1ccc(CN2CCOC3CCCCC32)s1. The van der Waals surface area contributed by atoms with Gasteiger partial charge in [-0.25, -0.2) is 0 Å². The number of thiophene rings is 1. The lowest BCUT2D eigenvalue weighted by Crippen LogP contribution is -2.51. The van der Waals surface area contributed by atoms with Crippen LogP contribution in [0.2, 0.25) is 0 Å². The van der Waals surface area contributed by atoms with Gasteiger partial charge in [0.15, 0.2) is 0 Å². The maximum absolute atomic E-state index is 5.91. The topological polar surface area (TPSA) is 12.5 Å². The average Bonchev–Trinajstić information content (AvgIpc) is 2.75. The van der Waals surface area contributed by atoms with Crippen LogP contribution in [0.4, 0.5) is 0 Å². The maximum Gasteiger partial charge on any atom is 0.0731 e. The zero-order valence-electron chi connectivity index (χ0n) is 9.90. The Balaban J connectivity index is 1.68. The summed E-state index contributed by atoms with van der Waals surface area (Å²) in [6.45, 7) is 3.10. The van der Waals surface area contributed by atoms with Gasteiger partial charge in [-0.3, -0.25) is 4.90 Å². The number of hydrogen-bond donors (Lipinski definition) is 0. The molecule has 2 aliphatic rings. The predicted molar refractivity (Wildman–Crippen MR) is 74.4 cm³/mol. The third-order valence-corrected chi connectivity index (χ3v) is 5.44. The first-order chi connectivity index (χ1) is 8.33. The maximum atomic E-state index is 5.91. The highest BCUT2D eigenvalue weighted by atomic mass is 79.9. The highest BCUT2D eigenvalue weighted by molar-refractivity contribution is 9.11. The van der Waals surface area contributed by atoms with Crippen LogP contribution in [0.15, 0.2) is 15.9 Å². The molecule has 0 spiro atoms. The molecule has 0 N–H and O–H groups in total. The quantitative estimate of drug-likeness (QED) is 0.826. The first-order valence-electron chi connectivity index (χ1n) is 6.43. The number of fused-ring (bicyclic) bond motifs is 1. The average molecular weight is 316 g/mol. The monoisotopic (exact) mass is 315 g/mol. The van der Waals surface area contributed by atoms with Gasteiger partial charge in [0.2, 0.25) is 0 Å². The molecule has 94 valence electrons. The van der Waals surface area contributed by atoms with Crippen LogP contribution in [0.3, 0.4) is 0 Å². The third kappa shape index (κ3) is 2.75. The van der Waals surface area contributed by atoms with Gasteiger partial charge in [-0.15, -0.1) is 11.3 Å². The molecule has 2 heterocycles. The molecule has 2 fully saturated rings. The van der Waals surface area contributed by atoms with Crippen LogP contribution in [0.1, 0.15) is 30.6 Å². The van der Waals surface area contributed by atoms with Crippen molar-refractivity contribution >= 4 is 27.3 Å². The molecule has 1 aliphatic carbocycles. The Hall–Kier alpha value is 0.1000. The second-order valence-electron chi connectivity index (χ2n) is 4.94. The first-order valence-corrected chi connectivity index (χ1v) is 8.04. The van der Waals surface area contributed by atoms with Gasteiger partial charge < -0.3 is 4.74 Å². The molecule has 1 saturated carbocycles. The van der Waals surface area contributed by atoms with Gasteiger partial charge in [0.1, 0.15) is 0 Å². The second kappa shape index (κ2) is 5.39. The fraction of sp³-hybridized carbons (Fsp3) is 0.692. The minimum absolute atomic E-state index is 0.501. The number of morpholine rings is 1. The molecule has 0 bridgehead atoms. The van der Waals surface area contributed by atoms with Crippen molar-refractivity contribution in [1.29, 1.82) is 0 Å². The van der Waals surface area contributed by atoms with Crippen LogP contribution in [-0.4, -0.2) is 30.2 Å². The Labute approximate surface area is 115 Å². The van der Waals surface area contributed by atoms with Gasteiger partial charge in [0, 0.05) is 24.0 Å². The molecule has 2 nitrogen and oxygen atoms in total. The van der Waals surface area contributed by atoms with Crippen molar-refractivity contribution in [2.75, 3.05) is 13.2 Å². The van der Waals surface area contributed by atoms with Crippen LogP contribution in [0.5, 0.6) is 0 Å². The number of nitrogens with zero attached hydrogens (tertiary/aromatic N) is 1. The van der Waals surface area contributed by atoms with E-state index < -0.39 is 0 Å². The number of hydrogen-bond acceptors (Lipinski definition) is 3. The van der Waals surface area contributed by atoms with Crippen LogP contribution in [0.25, 0.3) is 0 Å². The largest absolute Gasteiger partial charge is 0.375 e. The summed E-state index contributed by atoms with van der Waals surface area (Å²) >= 11 is 5.40. The van der Waals surface area contributed by atoms with E-state index in [-0.39, 0.29) is 0 Å². The number of rotatable bonds is 2. The Bertz CT molecular complexity index is 379. The normalized spacial score (nSPS) is 30.2. The molecule has 17 heavy (non-hydrogen) atoms. The number of ether oxygens (including phenoxy) is 1. The molecular formula is C13H18BrNOS. The van der Waals surface area contributed by atoms with E-state index in [1.807, 2.05) is 11.3 Å². The Morgan fingerprint density at radius 3 is 3.06 bits per heavy atom. The van der Waals surface area contributed by atoms with Gasteiger partial charge in [-0.2, -0.15) is 0 Å². The molecule has 0 aromatic carbocycles. The van der Waals surface area contributed by atoms with E-state index in [2.05, 4.69) is 33.0 Å². The summed E-state index contributed by atoms with van der Waals surface area (Å²) in [6, 6.07) is 5.05. The van der Waals surface area contributed by atoms with E-state index in [1.54, 1.807) is 0 Å². The second-order valence-corrected chi connectivity index (χ2v) is 7.48. The van der Waals surface area contributed by atoms with Crippen molar-refractivity contribution in [2.24, 2.45) is 0 Å². The summed E-state index contributed by atoms with van der Waals surface area (Å²) in [5.74, 6) is 0. The molecule has 2 atom stereocenters. The van der Waals surface area contributed by atoms with E-state index in [0.29, 0.717) is 12.1 Å². The first kappa shape index (κ1) is 12.2. The molecule has 1 aromatic rings. The van der Waals surface area contributed by atoms with Crippen molar-refractivity contribution < 1.29 is 4.74 Å². The van der Waals surface area contributed by atoms with Crippen molar-refractivity contribution in [3.05, 3.63) is 20.8 Å². The fourth-order valence-corrected chi connectivity index (χ4v) is 4.52. The number of halogens is 1. The van der Waals surface area contributed by atoms with E-state index in [9.17, 15) is 0 Å². The zero-order valence-corrected chi connectivity index (χ0v) is 12.3. The van der Waals surface area contributed by atoms with Gasteiger partial charge in [0.25, 0.3) is 0 Å². The van der Waals surface area contributed by atoms with Gasteiger partial charge in [-0.1, -0.05) is 12.8 Å². The molecule has 1 saturated heterocycles. The minimum atomic E-state index is 0.501. The minimum Gasteiger partial charge on any atom is -0.375 e. The lowest BCUT2D eigenvalue weighted by atomic mass is 9.90. The standard InChI is InChI=1S/C13H18BrNOS/c14-13-6-5-10(17-13)9-15-7-8-16-12-4-2-1-3-11(12)15/h5-6,11-12H,1-4,7-9H2. The molecular weight excluding hydrogens is 298 g/mol. The lowest BCUT2D eigenvalue weighted by molar-refractivity contribution is -0.0908. The van der Waals surface area contributed by atoms with Crippen LogP contribution in [0, 0.1) is 0 Å². The van der Waals surface area contributed by atoms with Crippen LogP contribution in [-0.2, 0) is 11.3 Å². The van der Waals surface area contributed by atoms with Crippen molar-refractivity contribution in [3.8, 4) is 0 Å². The van der Waals surface area contributed by atoms with E-state index >= 15 is 0 Å². The van der Waals surface area contributed by atoms with Crippen LogP contribution >= 0.6 is 27.3 Å². The molecule has 2 unspecified atom stereocenters. The summed E-state index contributed by atoms with van der Waals surface area (Å²) in [4.78, 5) is 4.09. The van der Waals surface area contributed by atoms with Crippen molar-refractivity contribution in [2.45, 2.75) is 44.4 Å². The summed E-state index contributed by atoms with van der Waals surface area (Å²) in [6.07, 6.45) is 5.79.